The van der Waals surface area contributed by atoms with Crippen LogP contribution in [0.2, 0.25) is 0 Å². The van der Waals surface area contributed by atoms with Gasteiger partial charge in [-0.2, -0.15) is 0 Å². The van der Waals surface area contributed by atoms with E-state index in [9.17, 15) is 15.0 Å². The SMILES string of the molecule is O=C(NCC1CCCCC1)On1c(O)ccc1O. The van der Waals surface area contributed by atoms with Gasteiger partial charge in [0.05, 0.1) is 0 Å². The Morgan fingerprint density at radius 3 is 2.50 bits per heavy atom. The van der Waals surface area contributed by atoms with Gasteiger partial charge in [-0.3, -0.25) is 0 Å². The molecule has 6 heteroatoms. The van der Waals surface area contributed by atoms with Gasteiger partial charge in [0.15, 0.2) is 0 Å². The minimum atomic E-state index is -0.678. The van der Waals surface area contributed by atoms with Gasteiger partial charge in [-0.1, -0.05) is 19.3 Å². The van der Waals surface area contributed by atoms with Gasteiger partial charge in [0.25, 0.3) is 0 Å². The summed E-state index contributed by atoms with van der Waals surface area (Å²) in [4.78, 5) is 16.3. The summed E-state index contributed by atoms with van der Waals surface area (Å²) in [7, 11) is 0. The van der Waals surface area contributed by atoms with Crippen molar-refractivity contribution >= 4 is 6.09 Å². The molecule has 1 aromatic rings. The number of amides is 1. The molecule has 1 amide bonds. The van der Waals surface area contributed by atoms with E-state index in [0.29, 0.717) is 17.2 Å². The maximum absolute atomic E-state index is 11.5. The number of nitrogens with one attached hydrogen (secondary N) is 1. The van der Waals surface area contributed by atoms with E-state index in [-0.39, 0.29) is 11.8 Å². The second-order valence-electron chi connectivity index (χ2n) is 4.61. The van der Waals surface area contributed by atoms with Crippen LogP contribution in [0.4, 0.5) is 4.79 Å². The Morgan fingerprint density at radius 1 is 1.28 bits per heavy atom. The quantitative estimate of drug-likeness (QED) is 0.765. The van der Waals surface area contributed by atoms with Crippen molar-refractivity contribution in [3.63, 3.8) is 0 Å². The van der Waals surface area contributed by atoms with Gasteiger partial charge in [0, 0.05) is 18.7 Å². The zero-order valence-corrected chi connectivity index (χ0v) is 10.1. The van der Waals surface area contributed by atoms with Crippen LogP contribution in [0.3, 0.4) is 0 Å². The Hall–Kier alpha value is -1.85. The summed E-state index contributed by atoms with van der Waals surface area (Å²) in [6.07, 6.45) is 5.26. The lowest BCUT2D eigenvalue weighted by Gasteiger charge is -2.21. The molecule has 3 N–H and O–H groups in total. The maximum Gasteiger partial charge on any atom is 0.432 e. The summed E-state index contributed by atoms with van der Waals surface area (Å²) >= 11 is 0. The highest BCUT2D eigenvalue weighted by Gasteiger charge is 2.16. The molecule has 0 saturated heterocycles. The molecule has 18 heavy (non-hydrogen) atoms. The first-order chi connectivity index (χ1) is 8.66. The van der Waals surface area contributed by atoms with Gasteiger partial charge in [-0.25, -0.2) is 4.79 Å². The zero-order chi connectivity index (χ0) is 13.0. The van der Waals surface area contributed by atoms with E-state index in [4.69, 9.17) is 4.84 Å². The summed E-state index contributed by atoms with van der Waals surface area (Å²) in [5.74, 6) is -0.140. The van der Waals surface area contributed by atoms with Crippen molar-refractivity contribution in [1.82, 2.24) is 10.0 Å². The van der Waals surface area contributed by atoms with Crippen molar-refractivity contribution < 1.29 is 19.8 Å². The first kappa shape index (κ1) is 12.6. The molecule has 0 atom stereocenters. The lowest BCUT2D eigenvalue weighted by Crippen LogP contribution is -2.35. The number of hydrogen-bond donors (Lipinski definition) is 3. The topological polar surface area (TPSA) is 83.7 Å². The minimum absolute atomic E-state index is 0.319. The Morgan fingerprint density at radius 2 is 1.89 bits per heavy atom. The summed E-state index contributed by atoms with van der Waals surface area (Å²) in [5, 5.41) is 21.2. The molecule has 0 aromatic carbocycles. The van der Waals surface area contributed by atoms with Gasteiger partial charge >= 0.3 is 6.09 Å². The standard InChI is InChI=1S/C12H18N2O4/c15-10-6-7-11(16)14(10)18-12(17)13-8-9-4-2-1-3-5-9/h6-7,9,15-16H,1-5,8H2,(H,13,17). The van der Waals surface area contributed by atoms with Gasteiger partial charge in [0.2, 0.25) is 11.8 Å². The van der Waals surface area contributed by atoms with Crippen LogP contribution in [-0.2, 0) is 0 Å². The molecule has 1 fully saturated rings. The van der Waals surface area contributed by atoms with Crippen LogP contribution in [0.15, 0.2) is 12.1 Å². The predicted molar refractivity (Wildman–Crippen MR) is 64.3 cm³/mol. The van der Waals surface area contributed by atoms with E-state index in [1.807, 2.05) is 0 Å². The first-order valence-corrected chi connectivity index (χ1v) is 6.22. The third kappa shape index (κ3) is 3.09. The third-order valence-corrected chi connectivity index (χ3v) is 3.23. The van der Waals surface area contributed by atoms with Crippen LogP contribution in [0.25, 0.3) is 0 Å². The Balaban J connectivity index is 1.78. The summed E-state index contributed by atoms with van der Waals surface area (Å²) in [5.41, 5.74) is 0. The van der Waals surface area contributed by atoms with Crippen molar-refractivity contribution in [3.8, 4) is 11.8 Å². The van der Waals surface area contributed by atoms with Gasteiger partial charge in [-0.15, -0.1) is 4.73 Å². The molecule has 0 bridgehead atoms. The average Bonchev–Trinajstić information content (AvgIpc) is 2.69. The highest BCUT2D eigenvalue weighted by atomic mass is 16.7. The number of carbonyl (C=O) groups excluding carboxylic acids is 1. The Kier molecular flexibility index (Phi) is 3.96. The van der Waals surface area contributed by atoms with Crippen molar-refractivity contribution in [3.05, 3.63) is 12.1 Å². The van der Waals surface area contributed by atoms with Crippen LogP contribution in [-0.4, -0.2) is 27.6 Å². The summed E-state index contributed by atoms with van der Waals surface area (Å²) in [6, 6.07) is 2.48. The van der Waals surface area contributed by atoms with Gasteiger partial charge < -0.3 is 20.4 Å². The molecule has 1 heterocycles. The van der Waals surface area contributed by atoms with Crippen molar-refractivity contribution in [1.29, 1.82) is 0 Å². The van der Waals surface area contributed by atoms with E-state index in [1.165, 1.54) is 31.4 Å². The lowest BCUT2D eigenvalue weighted by atomic mass is 9.89. The molecule has 1 aromatic heterocycles. The molecular formula is C12H18N2O4. The molecule has 1 aliphatic rings. The predicted octanol–water partition coefficient (Wildman–Crippen LogP) is 1.62. The molecule has 1 saturated carbocycles. The summed E-state index contributed by atoms with van der Waals surface area (Å²) < 4.78 is 0.677. The normalized spacial score (nSPS) is 16.4. The fraction of sp³-hybridized carbons (Fsp3) is 0.583. The maximum atomic E-state index is 11.5. The Bertz CT molecular complexity index is 391. The molecule has 0 aliphatic heterocycles. The van der Waals surface area contributed by atoms with Crippen LogP contribution < -0.4 is 10.2 Å². The monoisotopic (exact) mass is 254 g/mol. The molecule has 2 rings (SSSR count). The van der Waals surface area contributed by atoms with Gasteiger partial charge in [0.1, 0.15) is 0 Å². The molecule has 6 nitrogen and oxygen atoms in total. The number of aromatic hydroxyl groups is 2. The molecule has 100 valence electrons. The van der Waals surface area contributed by atoms with Crippen LogP contribution in [0.5, 0.6) is 11.8 Å². The van der Waals surface area contributed by atoms with Crippen LogP contribution >= 0.6 is 0 Å². The van der Waals surface area contributed by atoms with Crippen molar-refractivity contribution in [2.45, 2.75) is 32.1 Å². The number of aromatic nitrogens is 1. The van der Waals surface area contributed by atoms with E-state index < -0.39 is 6.09 Å². The molecule has 0 unspecified atom stereocenters. The second-order valence-corrected chi connectivity index (χ2v) is 4.61. The largest absolute Gasteiger partial charge is 0.492 e. The average molecular weight is 254 g/mol. The van der Waals surface area contributed by atoms with E-state index in [1.54, 1.807) is 0 Å². The van der Waals surface area contributed by atoms with Crippen LogP contribution in [0.1, 0.15) is 32.1 Å². The highest BCUT2D eigenvalue weighted by molar-refractivity contribution is 5.67. The number of rotatable bonds is 3. The third-order valence-electron chi connectivity index (χ3n) is 3.23. The number of nitrogens with zero attached hydrogens (tertiary/aromatic N) is 1. The van der Waals surface area contributed by atoms with Gasteiger partial charge in [-0.05, 0) is 18.8 Å². The fourth-order valence-electron chi connectivity index (χ4n) is 2.23. The second kappa shape index (κ2) is 5.66. The molecule has 0 spiro atoms. The lowest BCUT2D eigenvalue weighted by molar-refractivity contribution is 0.106. The smallest absolute Gasteiger partial charge is 0.432 e. The van der Waals surface area contributed by atoms with Crippen molar-refractivity contribution in [2.75, 3.05) is 6.54 Å². The fourth-order valence-corrected chi connectivity index (χ4v) is 2.23. The molecular weight excluding hydrogens is 236 g/mol. The van der Waals surface area contributed by atoms with E-state index in [2.05, 4.69) is 5.32 Å². The summed E-state index contributed by atoms with van der Waals surface area (Å²) in [6.45, 7) is 0.571. The van der Waals surface area contributed by atoms with E-state index in [0.717, 1.165) is 12.8 Å². The minimum Gasteiger partial charge on any atom is -0.492 e. The zero-order valence-electron chi connectivity index (χ0n) is 10.1. The number of carbonyl (C=O) groups is 1. The van der Waals surface area contributed by atoms with Crippen molar-refractivity contribution in [2.24, 2.45) is 5.92 Å². The Labute approximate surface area is 105 Å². The molecule has 0 radical (unpaired) electrons. The first-order valence-electron chi connectivity index (χ1n) is 6.22. The highest BCUT2D eigenvalue weighted by Crippen LogP contribution is 2.23. The number of hydrogen-bond acceptors (Lipinski definition) is 4. The van der Waals surface area contributed by atoms with E-state index >= 15 is 0 Å². The van der Waals surface area contributed by atoms with Crippen LogP contribution in [0, 0.1) is 5.92 Å². The molecule has 1 aliphatic carbocycles.